The molecule has 0 bridgehead atoms. The number of carbonyl (C=O) groups excluding carboxylic acids is 1. The van der Waals surface area contributed by atoms with Crippen LogP contribution in [-0.2, 0) is 11.3 Å². The highest BCUT2D eigenvalue weighted by molar-refractivity contribution is 7.99. The molecule has 2 aliphatic rings. The van der Waals surface area contributed by atoms with Gasteiger partial charge in [-0.2, -0.15) is 0 Å². The van der Waals surface area contributed by atoms with E-state index in [9.17, 15) is 4.79 Å². The van der Waals surface area contributed by atoms with Gasteiger partial charge in [-0.1, -0.05) is 42.1 Å². The van der Waals surface area contributed by atoms with Crippen LogP contribution in [0.1, 0.15) is 18.7 Å². The van der Waals surface area contributed by atoms with E-state index in [1.54, 1.807) is 0 Å². The van der Waals surface area contributed by atoms with E-state index in [4.69, 9.17) is 9.47 Å². The van der Waals surface area contributed by atoms with Crippen LogP contribution in [0.25, 0.3) is 5.69 Å². The number of aromatic nitrogens is 3. The zero-order valence-corrected chi connectivity index (χ0v) is 19.2. The molecule has 33 heavy (non-hydrogen) atoms. The molecule has 0 saturated carbocycles. The molecule has 9 heteroatoms. The molecule has 3 heterocycles. The number of fused-ring (bicyclic) bond motifs is 1. The zero-order chi connectivity index (χ0) is 22.5. The molecule has 1 saturated heterocycles. The Hall–Kier alpha value is -3.04. The smallest absolute Gasteiger partial charge is 0.230 e. The van der Waals surface area contributed by atoms with Gasteiger partial charge in [0.15, 0.2) is 22.5 Å². The van der Waals surface area contributed by atoms with Crippen molar-refractivity contribution in [2.45, 2.75) is 30.6 Å². The van der Waals surface area contributed by atoms with Gasteiger partial charge >= 0.3 is 0 Å². The third-order valence-electron chi connectivity index (χ3n) is 5.71. The van der Waals surface area contributed by atoms with Crippen molar-refractivity contribution in [3.63, 3.8) is 0 Å². The number of para-hydroxylation sites is 3. The average molecular weight is 466 g/mol. The van der Waals surface area contributed by atoms with Gasteiger partial charge in [0.25, 0.3) is 0 Å². The van der Waals surface area contributed by atoms with E-state index in [0.717, 1.165) is 42.1 Å². The summed E-state index contributed by atoms with van der Waals surface area (Å²) in [5.74, 6) is 2.52. The van der Waals surface area contributed by atoms with Crippen LogP contribution in [0.15, 0.2) is 59.8 Å². The Labute approximate surface area is 197 Å². The maximum atomic E-state index is 12.5. The molecule has 2 aliphatic heterocycles. The number of amides is 1. The van der Waals surface area contributed by atoms with Gasteiger partial charge < -0.3 is 14.8 Å². The Morgan fingerprint density at radius 1 is 1.03 bits per heavy atom. The second kappa shape index (κ2) is 10.3. The van der Waals surface area contributed by atoms with E-state index in [2.05, 4.69) is 25.0 Å². The Kier molecular flexibility index (Phi) is 6.78. The Morgan fingerprint density at radius 3 is 2.61 bits per heavy atom. The van der Waals surface area contributed by atoms with Crippen molar-refractivity contribution in [1.29, 1.82) is 0 Å². The van der Waals surface area contributed by atoms with Gasteiger partial charge in [0.05, 0.1) is 18.8 Å². The van der Waals surface area contributed by atoms with E-state index in [-0.39, 0.29) is 17.8 Å². The minimum absolute atomic E-state index is 0.0776. The number of benzene rings is 2. The minimum Gasteiger partial charge on any atom is -0.486 e. The highest BCUT2D eigenvalue weighted by Crippen LogP contribution is 2.30. The lowest BCUT2D eigenvalue weighted by molar-refractivity contribution is -0.119. The first-order valence-electron chi connectivity index (χ1n) is 11.3. The molecule has 1 aromatic heterocycles. The molecule has 2 aromatic carbocycles. The average Bonchev–Trinajstić information content (AvgIpc) is 3.52. The normalized spacial score (nSPS) is 17.8. The standard InChI is InChI=1S/C24H27N5O3S/c30-23(25-14-19-16-31-20-10-4-5-11-21(20)32-19)17-33-24-27-26-22(15-28-12-6-7-13-28)29(24)18-8-2-1-3-9-18/h1-5,8-11,19H,6-7,12-17H2,(H,25,30)/t19-/m1/s1. The summed E-state index contributed by atoms with van der Waals surface area (Å²) in [6, 6.07) is 17.6. The fourth-order valence-corrected chi connectivity index (χ4v) is 4.85. The number of carbonyl (C=O) groups is 1. The predicted molar refractivity (Wildman–Crippen MR) is 126 cm³/mol. The van der Waals surface area contributed by atoms with Crippen LogP contribution in [-0.4, -0.2) is 63.7 Å². The van der Waals surface area contributed by atoms with Crippen molar-refractivity contribution in [2.24, 2.45) is 0 Å². The molecule has 0 unspecified atom stereocenters. The van der Waals surface area contributed by atoms with Gasteiger partial charge in [0.1, 0.15) is 12.7 Å². The van der Waals surface area contributed by atoms with Crippen molar-refractivity contribution < 1.29 is 14.3 Å². The summed E-state index contributed by atoms with van der Waals surface area (Å²) < 4.78 is 13.7. The lowest BCUT2D eigenvalue weighted by atomic mass is 10.2. The molecule has 0 spiro atoms. The second-order valence-corrected chi connectivity index (χ2v) is 9.09. The summed E-state index contributed by atoms with van der Waals surface area (Å²) in [6.07, 6.45) is 2.24. The number of likely N-dealkylation sites (tertiary alicyclic amines) is 1. The summed E-state index contributed by atoms with van der Waals surface area (Å²) in [4.78, 5) is 14.9. The Bertz CT molecular complexity index is 1080. The number of hydrogen-bond acceptors (Lipinski definition) is 7. The maximum absolute atomic E-state index is 12.5. The first-order chi connectivity index (χ1) is 16.3. The Morgan fingerprint density at radius 2 is 1.79 bits per heavy atom. The molecule has 5 rings (SSSR count). The number of nitrogens with zero attached hydrogens (tertiary/aromatic N) is 4. The topological polar surface area (TPSA) is 81.5 Å². The lowest BCUT2D eigenvalue weighted by Gasteiger charge is -2.26. The fraction of sp³-hybridized carbons (Fsp3) is 0.375. The molecular formula is C24H27N5O3S. The van der Waals surface area contributed by atoms with Crippen LogP contribution in [0.3, 0.4) is 0 Å². The first-order valence-corrected chi connectivity index (χ1v) is 12.2. The number of rotatable bonds is 8. The lowest BCUT2D eigenvalue weighted by Crippen LogP contribution is -2.41. The number of ether oxygens (including phenoxy) is 2. The van der Waals surface area contributed by atoms with Crippen LogP contribution < -0.4 is 14.8 Å². The van der Waals surface area contributed by atoms with Crippen molar-refractivity contribution in [1.82, 2.24) is 25.0 Å². The molecular weight excluding hydrogens is 438 g/mol. The molecule has 0 aliphatic carbocycles. The van der Waals surface area contributed by atoms with Crippen LogP contribution in [0.2, 0.25) is 0 Å². The number of hydrogen-bond donors (Lipinski definition) is 1. The van der Waals surface area contributed by atoms with E-state index >= 15 is 0 Å². The summed E-state index contributed by atoms with van der Waals surface area (Å²) in [6.45, 7) is 3.73. The summed E-state index contributed by atoms with van der Waals surface area (Å²) in [7, 11) is 0. The van der Waals surface area contributed by atoms with Gasteiger partial charge in [-0.05, 0) is 50.2 Å². The number of nitrogens with one attached hydrogen (secondary N) is 1. The molecule has 3 aromatic rings. The molecule has 172 valence electrons. The second-order valence-electron chi connectivity index (χ2n) is 8.14. The van der Waals surface area contributed by atoms with E-state index < -0.39 is 0 Å². The third-order valence-corrected chi connectivity index (χ3v) is 6.63. The quantitative estimate of drug-likeness (QED) is 0.512. The largest absolute Gasteiger partial charge is 0.486 e. The third kappa shape index (κ3) is 5.31. The highest BCUT2D eigenvalue weighted by atomic mass is 32.2. The van der Waals surface area contributed by atoms with Crippen molar-refractivity contribution in [2.75, 3.05) is 32.0 Å². The fourth-order valence-electron chi connectivity index (χ4n) is 4.05. The van der Waals surface area contributed by atoms with Gasteiger partial charge in [-0.25, -0.2) is 0 Å². The highest BCUT2D eigenvalue weighted by Gasteiger charge is 2.22. The summed E-state index contributed by atoms with van der Waals surface area (Å²) >= 11 is 1.39. The molecule has 1 atom stereocenters. The van der Waals surface area contributed by atoms with Crippen LogP contribution >= 0.6 is 11.8 Å². The van der Waals surface area contributed by atoms with Crippen molar-refractivity contribution in [3.8, 4) is 17.2 Å². The molecule has 8 nitrogen and oxygen atoms in total. The van der Waals surface area contributed by atoms with Crippen molar-refractivity contribution in [3.05, 3.63) is 60.4 Å². The minimum atomic E-state index is -0.214. The molecule has 1 amide bonds. The van der Waals surface area contributed by atoms with Gasteiger partial charge in [-0.15, -0.1) is 10.2 Å². The Balaban J connectivity index is 1.19. The van der Waals surface area contributed by atoms with E-state index in [1.165, 1.54) is 24.6 Å². The predicted octanol–water partition coefficient (Wildman–Crippen LogP) is 2.91. The monoisotopic (exact) mass is 465 g/mol. The van der Waals surface area contributed by atoms with E-state index in [0.29, 0.717) is 18.9 Å². The van der Waals surface area contributed by atoms with Gasteiger partial charge in [0.2, 0.25) is 5.91 Å². The molecule has 0 radical (unpaired) electrons. The van der Waals surface area contributed by atoms with Crippen LogP contribution in [0.5, 0.6) is 11.5 Å². The van der Waals surface area contributed by atoms with Gasteiger partial charge in [-0.3, -0.25) is 14.3 Å². The zero-order valence-electron chi connectivity index (χ0n) is 18.4. The maximum Gasteiger partial charge on any atom is 0.230 e. The first kappa shape index (κ1) is 21.8. The van der Waals surface area contributed by atoms with Crippen LogP contribution in [0.4, 0.5) is 0 Å². The molecule has 1 fully saturated rings. The molecule has 1 N–H and O–H groups in total. The van der Waals surface area contributed by atoms with Crippen molar-refractivity contribution >= 4 is 17.7 Å². The van der Waals surface area contributed by atoms with E-state index in [1.807, 2.05) is 54.6 Å². The summed E-state index contributed by atoms with van der Waals surface area (Å²) in [5, 5.41) is 12.5. The summed E-state index contributed by atoms with van der Waals surface area (Å²) in [5.41, 5.74) is 1.01. The van der Waals surface area contributed by atoms with Crippen LogP contribution in [0, 0.1) is 0 Å². The SMILES string of the molecule is O=C(CSc1nnc(CN2CCCC2)n1-c1ccccc1)NC[C@@H]1COc2ccccc2O1. The number of thioether (sulfide) groups is 1. The van der Waals surface area contributed by atoms with Gasteiger partial charge in [0, 0.05) is 5.69 Å².